The molecule has 2 rings (SSSR count). The first-order chi connectivity index (χ1) is 9.71. The summed E-state index contributed by atoms with van der Waals surface area (Å²) in [5.74, 6) is 5.54. The molecule has 1 aliphatic rings. The van der Waals surface area contributed by atoms with E-state index in [4.69, 9.17) is 5.11 Å². The second-order valence-electron chi connectivity index (χ2n) is 5.21. The fourth-order valence-corrected chi connectivity index (χ4v) is 2.08. The summed E-state index contributed by atoms with van der Waals surface area (Å²) in [6.45, 7) is 2.89. The highest BCUT2D eigenvalue weighted by atomic mass is 16.2. The van der Waals surface area contributed by atoms with Crippen LogP contribution in [0.3, 0.4) is 0 Å². The number of aromatic nitrogens is 1. The highest BCUT2D eigenvalue weighted by Crippen LogP contribution is 2.47. The molecule has 0 atom stereocenters. The van der Waals surface area contributed by atoms with E-state index in [1.54, 1.807) is 18.3 Å². The molecule has 0 unspecified atom stereocenters. The van der Waals surface area contributed by atoms with Crippen LogP contribution in [0.1, 0.15) is 48.7 Å². The topological polar surface area (TPSA) is 62.2 Å². The number of aliphatic hydroxyl groups excluding tert-OH is 1. The monoisotopic (exact) mass is 272 g/mol. The van der Waals surface area contributed by atoms with Crippen molar-refractivity contribution >= 4 is 5.91 Å². The molecule has 1 aliphatic carbocycles. The molecule has 1 aromatic heterocycles. The first-order valence-electron chi connectivity index (χ1n) is 7.04. The van der Waals surface area contributed by atoms with Crippen molar-refractivity contribution in [2.24, 2.45) is 5.41 Å². The Kier molecular flexibility index (Phi) is 4.75. The fraction of sp³-hybridized carbons (Fsp3) is 0.500. The van der Waals surface area contributed by atoms with Gasteiger partial charge in [-0.25, -0.2) is 4.98 Å². The quantitative estimate of drug-likeness (QED) is 0.803. The number of carbonyl (C=O) groups is 1. The summed E-state index contributed by atoms with van der Waals surface area (Å²) in [4.78, 5) is 16.3. The molecule has 2 N–H and O–H groups in total. The molecule has 1 fully saturated rings. The molecular weight excluding hydrogens is 252 g/mol. The maximum Gasteiger partial charge on any atom is 0.271 e. The van der Waals surface area contributed by atoms with Gasteiger partial charge in [0, 0.05) is 19.2 Å². The first-order valence-corrected chi connectivity index (χ1v) is 7.04. The van der Waals surface area contributed by atoms with E-state index in [2.05, 4.69) is 29.1 Å². The number of pyridine rings is 1. The molecule has 20 heavy (non-hydrogen) atoms. The number of carbonyl (C=O) groups excluding carboxylic acids is 1. The zero-order valence-electron chi connectivity index (χ0n) is 11.8. The number of rotatable bonds is 5. The number of hydrogen-bond donors (Lipinski definition) is 2. The van der Waals surface area contributed by atoms with Crippen LogP contribution in [0.2, 0.25) is 0 Å². The summed E-state index contributed by atoms with van der Waals surface area (Å²) >= 11 is 0. The van der Waals surface area contributed by atoms with Crippen LogP contribution in [0.25, 0.3) is 0 Å². The van der Waals surface area contributed by atoms with E-state index < -0.39 is 0 Å². The van der Waals surface area contributed by atoms with E-state index in [-0.39, 0.29) is 12.5 Å². The number of amides is 1. The second kappa shape index (κ2) is 6.53. The molecule has 0 aliphatic heterocycles. The smallest absolute Gasteiger partial charge is 0.271 e. The average Bonchev–Trinajstić information content (AvgIpc) is 3.26. The number of aliphatic hydroxyl groups is 1. The van der Waals surface area contributed by atoms with E-state index >= 15 is 0 Å². The SMILES string of the molecule is CCC1(CNC(=O)c2ncccc2C#CCCO)CC1. The van der Waals surface area contributed by atoms with Gasteiger partial charge < -0.3 is 10.4 Å². The molecule has 1 amide bonds. The molecule has 1 aromatic rings. The predicted octanol–water partition coefficient (Wildman–Crippen LogP) is 1.74. The number of nitrogens with zero attached hydrogens (tertiary/aromatic N) is 1. The highest BCUT2D eigenvalue weighted by Gasteiger charge is 2.40. The van der Waals surface area contributed by atoms with Gasteiger partial charge >= 0.3 is 0 Å². The standard InChI is InChI=1S/C16H20N2O2/c1-2-16(8-9-16)12-18-15(20)14-13(6-3-4-11-19)7-5-10-17-14/h5,7,10,19H,2,4,8-9,11-12H2,1H3,(H,18,20). The van der Waals surface area contributed by atoms with Crippen LogP contribution < -0.4 is 5.32 Å². The molecule has 1 heterocycles. The number of nitrogens with one attached hydrogen (secondary N) is 1. The van der Waals surface area contributed by atoms with Crippen molar-refractivity contribution in [2.45, 2.75) is 32.6 Å². The lowest BCUT2D eigenvalue weighted by atomic mass is 10.0. The Bertz CT molecular complexity index is 539. The maximum absolute atomic E-state index is 12.2. The van der Waals surface area contributed by atoms with Crippen LogP contribution in [0.4, 0.5) is 0 Å². The molecule has 0 bridgehead atoms. The summed E-state index contributed by atoms with van der Waals surface area (Å²) in [6.07, 6.45) is 5.47. The Morgan fingerprint density at radius 2 is 2.35 bits per heavy atom. The lowest BCUT2D eigenvalue weighted by molar-refractivity contribution is 0.0939. The normalized spacial score (nSPS) is 15.1. The summed E-state index contributed by atoms with van der Waals surface area (Å²) in [5.41, 5.74) is 1.29. The zero-order valence-corrected chi connectivity index (χ0v) is 11.8. The molecule has 106 valence electrons. The zero-order chi connectivity index (χ0) is 14.4. The molecule has 0 radical (unpaired) electrons. The fourth-order valence-electron chi connectivity index (χ4n) is 2.08. The lowest BCUT2D eigenvalue weighted by Crippen LogP contribution is -2.31. The van der Waals surface area contributed by atoms with Gasteiger partial charge in [0.25, 0.3) is 5.91 Å². The Labute approximate surface area is 119 Å². The molecular formula is C16H20N2O2. The maximum atomic E-state index is 12.2. The van der Waals surface area contributed by atoms with Gasteiger partial charge in [-0.05, 0) is 36.8 Å². The minimum absolute atomic E-state index is 0.0216. The van der Waals surface area contributed by atoms with E-state index in [0.29, 0.717) is 29.6 Å². The van der Waals surface area contributed by atoms with Crippen LogP contribution >= 0.6 is 0 Å². The molecule has 4 heteroatoms. The van der Waals surface area contributed by atoms with E-state index in [1.807, 2.05) is 0 Å². The predicted molar refractivity (Wildman–Crippen MR) is 77.1 cm³/mol. The van der Waals surface area contributed by atoms with Crippen molar-refractivity contribution < 1.29 is 9.90 Å². The van der Waals surface area contributed by atoms with Gasteiger partial charge in [-0.2, -0.15) is 0 Å². The first kappa shape index (κ1) is 14.5. The van der Waals surface area contributed by atoms with E-state index in [1.165, 1.54) is 12.8 Å². The summed E-state index contributed by atoms with van der Waals surface area (Å²) < 4.78 is 0. The Balaban J connectivity index is 2.04. The van der Waals surface area contributed by atoms with E-state index in [9.17, 15) is 4.79 Å². The van der Waals surface area contributed by atoms with Gasteiger partial charge in [0.05, 0.1) is 12.2 Å². The van der Waals surface area contributed by atoms with Gasteiger partial charge in [0.2, 0.25) is 0 Å². The van der Waals surface area contributed by atoms with Crippen molar-refractivity contribution in [3.05, 3.63) is 29.6 Å². The van der Waals surface area contributed by atoms with Crippen molar-refractivity contribution in [3.63, 3.8) is 0 Å². The average molecular weight is 272 g/mol. The van der Waals surface area contributed by atoms with Gasteiger partial charge in [-0.15, -0.1) is 0 Å². The van der Waals surface area contributed by atoms with Gasteiger partial charge in [-0.3, -0.25) is 4.79 Å². The Hall–Kier alpha value is -1.86. The minimum atomic E-state index is -0.168. The highest BCUT2D eigenvalue weighted by molar-refractivity contribution is 5.94. The second-order valence-corrected chi connectivity index (χ2v) is 5.21. The van der Waals surface area contributed by atoms with Crippen molar-refractivity contribution in [3.8, 4) is 11.8 Å². The summed E-state index contributed by atoms with van der Waals surface area (Å²) in [7, 11) is 0. The molecule has 1 saturated carbocycles. The Morgan fingerprint density at radius 3 is 3.00 bits per heavy atom. The van der Waals surface area contributed by atoms with Crippen LogP contribution in [-0.4, -0.2) is 29.1 Å². The minimum Gasteiger partial charge on any atom is -0.395 e. The third-order valence-corrected chi connectivity index (χ3v) is 3.81. The van der Waals surface area contributed by atoms with Crippen LogP contribution in [0.15, 0.2) is 18.3 Å². The third-order valence-electron chi connectivity index (χ3n) is 3.81. The molecule has 0 saturated heterocycles. The van der Waals surface area contributed by atoms with Gasteiger partial charge in [0.15, 0.2) is 0 Å². The van der Waals surface area contributed by atoms with Crippen LogP contribution in [0.5, 0.6) is 0 Å². The summed E-state index contributed by atoms with van der Waals surface area (Å²) in [5, 5.41) is 11.7. The van der Waals surface area contributed by atoms with Crippen molar-refractivity contribution in [2.75, 3.05) is 13.2 Å². The summed E-state index contributed by atoms with van der Waals surface area (Å²) in [6, 6.07) is 3.53. The van der Waals surface area contributed by atoms with E-state index in [0.717, 1.165) is 6.42 Å². The van der Waals surface area contributed by atoms with Gasteiger partial charge in [-0.1, -0.05) is 18.8 Å². The Morgan fingerprint density at radius 1 is 1.55 bits per heavy atom. The van der Waals surface area contributed by atoms with Crippen LogP contribution in [0, 0.1) is 17.3 Å². The van der Waals surface area contributed by atoms with Crippen molar-refractivity contribution in [1.82, 2.24) is 10.3 Å². The molecule has 0 spiro atoms. The molecule has 4 nitrogen and oxygen atoms in total. The van der Waals surface area contributed by atoms with Crippen LogP contribution in [-0.2, 0) is 0 Å². The number of hydrogen-bond acceptors (Lipinski definition) is 3. The van der Waals surface area contributed by atoms with Crippen molar-refractivity contribution in [1.29, 1.82) is 0 Å². The lowest BCUT2D eigenvalue weighted by Gasteiger charge is -2.13. The largest absolute Gasteiger partial charge is 0.395 e. The van der Waals surface area contributed by atoms with Gasteiger partial charge in [0.1, 0.15) is 5.69 Å². The molecule has 0 aromatic carbocycles. The third kappa shape index (κ3) is 3.58.